The van der Waals surface area contributed by atoms with Gasteiger partial charge in [-0.3, -0.25) is 0 Å². The number of nitrogen functional groups attached to an aromatic ring is 1. The van der Waals surface area contributed by atoms with Crippen LogP contribution in [0.4, 0.5) is 5.82 Å². The predicted molar refractivity (Wildman–Crippen MR) is 67.0 cm³/mol. The van der Waals surface area contributed by atoms with Gasteiger partial charge in [-0.25, -0.2) is 9.97 Å². The van der Waals surface area contributed by atoms with E-state index in [4.69, 9.17) is 5.73 Å². The van der Waals surface area contributed by atoms with Crippen LogP contribution in [0.1, 0.15) is 50.2 Å². The minimum atomic E-state index is 0.657. The first-order valence-corrected chi connectivity index (χ1v) is 6.01. The minimum absolute atomic E-state index is 0.657. The molecule has 16 heavy (non-hydrogen) atoms. The molecule has 3 nitrogen and oxygen atoms in total. The lowest BCUT2D eigenvalue weighted by molar-refractivity contribution is 0.811. The number of aromatic nitrogens is 2. The Kier molecular flexibility index (Phi) is 2.95. The van der Waals surface area contributed by atoms with Gasteiger partial charge in [0.25, 0.3) is 0 Å². The van der Waals surface area contributed by atoms with E-state index in [1.807, 2.05) is 6.92 Å². The van der Waals surface area contributed by atoms with Crippen LogP contribution >= 0.6 is 0 Å². The Morgan fingerprint density at radius 3 is 2.50 bits per heavy atom. The van der Waals surface area contributed by atoms with Crippen LogP contribution in [0.3, 0.4) is 0 Å². The van der Waals surface area contributed by atoms with Crippen molar-refractivity contribution in [1.29, 1.82) is 0 Å². The molecule has 0 aliphatic heterocycles. The molecule has 0 bridgehead atoms. The molecule has 0 spiro atoms. The third-order valence-electron chi connectivity index (χ3n) is 3.30. The van der Waals surface area contributed by atoms with Gasteiger partial charge >= 0.3 is 0 Å². The Morgan fingerprint density at radius 2 is 1.88 bits per heavy atom. The highest BCUT2D eigenvalue weighted by atomic mass is 14.9. The molecule has 0 amide bonds. The standard InChI is InChI=1S/C13H19N3/c1-4-9-6-7-11-12(10(9)5-2)13(14)16-8(3)15-11/h4-7H2,1-3H3,(H2,14,15,16). The van der Waals surface area contributed by atoms with E-state index in [0.717, 1.165) is 42.8 Å². The van der Waals surface area contributed by atoms with Gasteiger partial charge in [0.1, 0.15) is 11.6 Å². The van der Waals surface area contributed by atoms with E-state index in [1.165, 1.54) is 11.1 Å². The maximum Gasteiger partial charge on any atom is 0.134 e. The lowest BCUT2D eigenvalue weighted by Gasteiger charge is -2.22. The van der Waals surface area contributed by atoms with Gasteiger partial charge < -0.3 is 5.73 Å². The van der Waals surface area contributed by atoms with Crippen molar-refractivity contribution >= 4 is 11.4 Å². The van der Waals surface area contributed by atoms with Gasteiger partial charge in [-0.2, -0.15) is 0 Å². The van der Waals surface area contributed by atoms with Crippen LogP contribution in [-0.2, 0) is 6.42 Å². The summed E-state index contributed by atoms with van der Waals surface area (Å²) in [6, 6.07) is 0. The smallest absolute Gasteiger partial charge is 0.134 e. The van der Waals surface area contributed by atoms with E-state index in [-0.39, 0.29) is 0 Å². The molecule has 0 saturated carbocycles. The monoisotopic (exact) mass is 217 g/mol. The van der Waals surface area contributed by atoms with Crippen molar-refractivity contribution in [2.45, 2.75) is 46.5 Å². The number of rotatable bonds is 2. The van der Waals surface area contributed by atoms with E-state index in [2.05, 4.69) is 23.8 Å². The molecule has 0 saturated heterocycles. The number of hydrogen-bond acceptors (Lipinski definition) is 3. The first-order valence-electron chi connectivity index (χ1n) is 6.01. The van der Waals surface area contributed by atoms with Crippen molar-refractivity contribution in [3.63, 3.8) is 0 Å². The maximum absolute atomic E-state index is 6.04. The molecule has 0 unspecified atom stereocenters. The Balaban J connectivity index is 2.63. The molecule has 1 aliphatic carbocycles. The molecule has 2 N–H and O–H groups in total. The highest BCUT2D eigenvalue weighted by molar-refractivity contribution is 5.78. The van der Waals surface area contributed by atoms with Crippen LogP contribution < -0.4 is 5.73 Å². The first kappa shape index (κ1) is 11.1. The largest absolute Gasteiger partial charge is 0.383 e. The zero-order valence-electron chi connectivity index (χ0n) is 10.3. The number of allylic oxidation sites excluding steroid dienone is 2. The topological polar surface area (TPSA) is 51.8 Å². The lowest BCUT2D eigenvalue weighted by Crippen LogP contribution is -2.12. The fourth-order valence-electron chi connectivity index (χ4n) is 2.58. The van der Waals surface area contributed by atoms with E-state index in [0.29, 0.717) is 5.82 Å². The second-order valence-corrected chi connectivity index (χ2v) is 4.27. The van der Waals surface area contributed by atoms with E-state index in [1.54, 1.807) is 0 Å². The molecular formula is C13H19N3. The Bertz CT molecular complexity index is 447. The van der Waals surface area contributed by atoms with Crippen molar-refractivity contribution in [3.8, 4) is 0 Å². The molecule has 1 heterocycles. The van der Waals surface area contributed by atoms with Crippen LogP contribution in [0.15, 0.2) is 5.57 Å². The van der Waals surface area contributed by atoms with Crippen molar-refractivity contribution in [1.82, 2.24) is 9.97 Å². The number of anilines is 1. The van der Waals surface area contributed by atoms with Crippen LogP contribution in [-0.4, -0.2) is 9.97 Å². The fraction of sp³-hybridized carbons (Fsp3) is 0.538. The van der Waals surface area contributed by atoms with Crippen molar-refractivity contribution < 1.29 is 0 Å². The lowest BCUT2D eigenvalue weighted by atomic mass is 9.86. The summed E-state index contributed by atoms with van der Waals surface area (Å²) in [5.41, 5.74) is 11.2. The average molecular weight is 217 g/mol. The number of nitrogens with two attached hydrogens (primary N) is 1. The van der Waals surface area contributed by atoms with Crippen LogP contribution in [0.5, 0.6) is 0 Å². The summed E-state index contributed by atoms with van der Waals surface area (Å²) in [6.45, 7) is 6.29. The van der Waals surface area contributed by atoms with Crippen LogP contribution in [0.25, 0.3) is 5.57 Å². The highest BCUT2D eigenvalue weighted by Gasteiger charge is 2.21. The van der Waals surface area contributed by atoms with Crippen molar-refractivity contribution in [2.75, 3.05) is 5.73 Å². The zero-order valence-corrected chi connectivity index (χ0v) is 10.3. The van der Waals surface area contributed by atoms with Crippen LogP contribution in [0, 0.1) is 6.92 Å². The Labute approximate surface area is 96.8 Å². The summed E-state index contributed by atoms with van der Waals surface area (Å²) < 4.78 is 0. The number of nitrogens with zero attached hydrogens (tertiary/aromatic N) is 2. The molecule has 2 rings (SSSR count). The van der Waals surface area contributed by atoms with Gasteiger partial charge in [0.05, 0.1) is 5.69 Å². The zero-order chi connectivity index (χ0) is 11.7. The Hall–Kier alpha value is -1.38. The highest BCUT2D eigenvalue weighted by Crippen LogP contribution is 2.36. The van der Waals surface area contributed by atoms with Gasteiger partial charge in [-0.15, -0.1) is 0 Å². The summed E-state index contributed by atoms with van der Waals surface area (Å²) in [5, 5.41) is 0. The third kappa shape index (κ3) is 1.70. The summed E-state index contributed by atoms with van der Waals surface area (Å²) in [7, 11) is 0. The normalized spacial score (nSPS) is 15.2. The van der Waals surface area contributed by atoms with Gasteiger partial charge in [0, 0.05) is 5.56 Å². The molecule has 1 aromatic heterocycles. The molecule has 86 valence electrons. The summed E-state index contributed by atoms with van der Waals surface area (Å²) >= 11 is 0. The minimum Gasteiger partial charge on any atom is -0.383 e. The number of fused-ring (bicyclic) bond motifs is 1. The van der Waals surface area contributed by atoms with Crippen molar-refractivity contribution in [2.24, 2.45) is 0 Å². The molecule has 1 aliphatic rings. The summed E-state index contributed by atoms with van der Waals surface area (Å²) in [5.74, 6) is 1.44. The average Bonchev–Trinajstić information content (AvgIpc) is 2.27. The summed E-state index contributed by atoms with van der Waals surface area (Å²) in [4.78, 5) is 8.80. The van der Waals surface area contributed by atoms with E-state index < -0.39 is 0 Å². The molecule has 0 aromatic carbocycles. The second-order valence-electron chi connectivity index (χ2n) is 4.27. The third-order valence-corrected chi connectivity index (χ3v) is 3.30. The quantitative estimate of drug-likeness (QED) is 0.828. The van der Waals surface area contributed by atoms with Gasteiger partial charge in [-0.1, -0.05) is 19.4 Å². The molecule has 0 fully saturated rings. The second kappa shape index (κ2) is 4.24. The SMILES string of the molecule is CCC1=C(CC)c2c(N)nc(C)nc2CC1. The van der Waals surface area contributed by atoms with Gasteiger partial charge in [0.2, 0.25) is 0 Å². The van der Waals surface area contributed by atoms with E-state index >= 15 is 0 Å². The molecule has 3 heteroatoms. The molecule has 0 atom stereocenters. The number of aryl methyl sites for hydroxylation is 2. The predicted octanol–water partition coefficient (Wildman–Crippen LogP) is 2.89. The maximum atomic E-state index is 6.04. The van der Waals surface area contributed by atoms with Crippen LogP contribution in [0.2, 0.25) is 0 Å². The van der Waals surface area contributed by atoms with Gasteiger partial charge in [-0.05, 0) is 38.2 Å². The molecule has 1 aromatic rings. The van der Waals surface area contributed by atoms with Crippen molar-refractivity contribution in [3.05, 3.63) is 22.7 Å². The fourth-order valence-corrected chi connectivity index (χ4v) is 2.58. The van der Waals surface area contributed by atoms with Gasteiger partial charge in [0.15, 0.2) is 0 Å². The molecule has 0 radical (unpaired) electrons. The summed E-state index contributed by atoms with van der Waals surface area (Å²) in [6.07, 6.45) is 4.26. The Morgan fingerprint density at radius 1 is 1.12 bits per heavy atom. The van der Waals surface area contributed by atoms with E-state index in [9.17, 15) is 0 Å². The number of hydrogen-bond donors (Lipinski definition) is 1. The first-order chi connectivity index (χ1) is 7.67. The molecular weight excluding hydrogens is 198 g/mol.